The number of hydrogen-bond donors (Lipinski definition) is 1. The lowest BCUT2D eigenvalue weighted by Gasteiger charge is -2.03. The monoisotopic (exact) mass is 283 g/mol. The fraction of sp³-hybridized carbons (Fsp3) is 0.462. The number of nitrogens with zero attached hydrogens (tertiary/aromatic N) is 2. The van der Waals surface area contributed by atoms with Crippen LogP contribution in [0.3, 0.4) is 0 Å². The Kier molecular flexibility index (Phi) is 4.80. The third kappa shape index (κ3) is 3.57. The number of rotatable bonds is 6. The van der Waals surface area contributed by atoms with Gasteiger partial charge in [-0.3, -0.25) is 4.68 Å². The molecule has 0 fully saturated rings. The molecule has 2 aromatic rings. The van der Waals surface area contributed by atoms with Crippen LogP contribution in [0.25, 0.3) is 0 Å². The third-order valence-electron chi connectivity index (χ3n) is 2.87. The minimum atomic E-state index is 0.864. The molecule has 98 valence electrons. The number of aryl methyl sites for hydroxylation is 2. The van der Waals surface area contributed by atoms with Crippen LogP contribution in [-0.2, 0) is 26.4 Å². The van der Waals surface area contributed by atoms with Crippen LogP contribution < -0.4 is 5.32 Å². The highest BCUT2D eigenvalue weighted by molar-refractivity contribution is 7.16. The van der Waals surface area contributed by atoms with Gasteiger partial charge in [-0.15, -0.1) is 11.3 Å². The van der Waals surface area contributed by atoms with Crippen LogP contribution in [0.4, 0.5) is 0 Å². The van der Waals surface area contributed by atoms with Crippen molar-refractivity contribution < 1.29 is 0 Å². The molecule has 0 unspecified atom stereocenters. The molecule has 0 spiro atoms. The van der Waals surface area contributed by atoms with E-state index in [0.29, 0.717) is 0 Å². The highest BCUT2D eigenvalue weighted by Crippen LogP contribution is 2.21. The van der Waals surface area contributed by atoms with Crippen molar-refractivity contribution in [2.45, 2.75) is 26.3 Å². The van der Waals surface area contributed by atoms with Crippen molar-refractivity contribution in [2.75, 3.05) is 6.54 Å². The molecule has 1 N–H and O–H groups in total. The molecule has 0 aliphatic rings. The minimum Gasteiger partial charge on any atom is -0.311 e. The van der Waals surface area contributed by atoms with Crippen LogP contribution in [0.15, 0.2) is 18.2 Å². The van der Waals surface area contributed by atoms with E-state index in [-0.39, 0.29) is 0 Å². The first-order valence-electron chi connectivity index (χ1n) is 6.15. The zero-order valence-corrected chi connectivity index (χ0v) is 12.3. The molecule has 0 saturated carbocycles. The van der Waals surface area contributed by atoms with E-state index < -0.39 is 0 Å². The van der Waals surface area contributed by atoms with Gasteiger partial charge < -0.3 is 5.32 Å². The average Bonchev–Trinajstić information content (AvgIpc) is 2.91. The molecule has 0 radical (unpaired) electrons. The first kappa shape index (κ1) is 13.6. The third-order valence-corrected chi connectivity index (χ3v) is 4.16. The van der Waals surface area contributed by atoms with Crippen molar-refractivity contribution in [3.63, 3.8) is 0 Å². The van der Waals surface area contributed by atoms with Crippen molar-refractivity contribution in [1.29, 1.82) is 0 Å². The summed E-state index contributed by atoms with van der Waals surface area (Å²) in [5.74, 6) is 0. The summed E-state index contributed by atoms with van der Waals surface area (Å²) in [7, 11) is 2.00. The van der Waals surface area contributed by atoms with Gasteiger partial charge in [-0.2, -0.15) is 5.10 Å². The molecule has 2 heterocycles. The summed E-state index contributed by atoms with van der Waals surface area (Å²) in [5, 5.41) is 7.87. The molecule has 2 rings (SSSR count). The summed E-state index contributed by atoms with van der Waals surface area (Å²) < 4.78 is 2.82. The molecular formula is C13H18ClN3S. The number of thiophene rings is 1. The van der Waals surface area contributed by atoms with E-state index >= 15 is 0 Å². The molecule has 0 atom stereocenters. The summed E-state index contributed by atoms with van der Waals surface area (Å²) in [6.07, 6.45) is 2.01. The van der Waals surface area contributed by atoms with Crippen LogP contribution >= 0.6 is 22.9 Å². The topological polar surface area (TPSA) is 29.9 Å². The Balaban J connectivity index is 1.76. The lowest BCUT2D eigenvalue weighted by atomic mass is 10.3. The van der Waals surface area contributed by atoms with E-state index in [0.717, 1.165) is 36.0 Å². The Morgan fingerprint density at radius 2 is 2.28 bits per heavy atom. The molecule has 5 heteroatoms. The van der Waals surface area contributed by atoms with Gasteiger partial charge in [-0.1, -0.05) is 18.5 Å². The normalized spacial score (nSPS) is 11.1. The Hall–Kier alpha value is -0.840. The van der Waals surface area contributed by atoms with E-state index in [1.807, 2.05) is 17.8 Å². The van der Waals surface area contributed by atoms with E-state index in [2.05, 4.69) is 29.5 Å². The predicted molar refractivity (Wildman–Crippen MR) is 77.3 cm³/mol. The number of aromatic nitrogens is 2. The Morgan fingerprint density at radius 1 is 1.44 bits per heavy atom. The summed E-state index contributed by atoms with van der Waals surface area (Å²) >= 11 is 7.55. The first-order chi connectivity index (χ1) is 8.69. The minimum absolute atomic E-state index is 0.864. The van der Waals surface area contributed by atoms with Crippen molar-refractivity contribution in [3.8, 4) is 0 Å². The van der Waals surface area contributed by atoms with E-state index in [1.54, 1.807) is 11.3 Å². The van der Waals surface area contributed by atoms with Crippen LogP contribution in [0.2, 0.25) is 4.34 Å². The van der Waals surface area contributed by atoms with Gasteiger partial charge in [0.15, 0.2) is 0 Å². The summed E-state index contributed by atoms with van der Waals surface area (Å²) in [6.45, 7) is 3.95. The SMILES string of the molecule is CCc1cc(CNCCc2ccc(Cl)s2)n(C)n1. The maximum absolute atomic E-state index is 5.90. The molecule has 0 aliphatic heterocycles. The average molecular weight is 284 g/mol. The van der Waals surface area contributed by atoms with Gasteiger partial charge in [-0.25, -0.2) is 0 Å². The molecular weight excluding hydrogens is 266 g/mol. The Bertz CT molecular complexity index is 504. The van der Waals surface area contributed by atoms with Gasteiger partial charge in [0, 0.05) is 25.0 Å². The molecule has 0 amide bonds. The first-order valence-corrected chi connectivity index (χ1v) is 7.35. The summed E-state index contributed by atoms with van der Waals surface area (Å²) in [4.78, 5) is 1.33. The maximum Gasteiger partial charge on any atom is 0.0931 e. The number of hydrogen-bond acceptors (Lipinski definition) is 3. The van der Waals surface area contributed by atoms with Crippen molar-refractivity contribution in [3.05, 3.63) is 38.8 Å². The van der Waals surface area contributed by atoms with Crippen LogP contribution in [0.1, 0.15) is 23.2 Å². The molecule has 0 aromatic carbocycles. The Morgan fingerprint density at radius 3 is 2.89 bits per heavy atom. The van der Waals surface area contributed by atoms with E-state index in [4.69, 9.17) is 11.6 Å². The molecule has 3 nitrogen and oxygen atoms in total. The zero-order chi connectivity index (χ0) is 13.0. The van der Waals surface area contributed by atoms with Gasteiger partial charge in [0.2, 0.25) is 0 Å². The lowest BCUT2D eigenvalue weighted by Crippen LogP contribution is -2.18. The van der Waals surface area contributed by atoms with Gasteiger partial charge in [0.25, 0.3) is 0 Å². The molecule has 0 aliphatic carbocycles. The van der Waals surface area contributed by atoms with Gasteiger partial charge in [-0.05, 0) is 31.0 Å². The maximum atomic E-state index is 5.90. The molecule has 0 saturated heterocycles. The van der Waals surface area contributed by atoms with Crippen molar-refractivity contribution in [2.24, 2.45) is 7.05 Å². The van der Waals surface area contributed by atoms with Crippen LogP contribution in [0.5, 0.6) is 0 Å². The summed E-state index contributed by atoms with van der Waals surface area (Å²) in [6, 6.07) is 6.21. The lowest BCUT2D eigenvalue weighted by molar-refractivity contribution is 0.624. The van der Waals surface area contributed by atoms with Gasteiger partial charge in [0.05, 0.1) is 15.7 Å². The van der Waals surface area contributed by atoms with Crippen molar-refractivity contribution in [1.82, 2.24) is 15.1 Å². The van der Waals surface area contributed by atoms with Gasteiger partial charge in [0.1, 0.15) is 0 Å². The number of nitrogens with one attached hydrogen (secondary N) is 1. The smallest absolute Gasteiger partial charge is 0.0931 e. The molecule has 18 heavy (non-hydrogen) atoms. The second-order valence-electron chi connectivity index (χ2n) is 4.24. The standard InChI is InChI=1S/C13H18ClN3S/c1-3-10-8-11(17(2)16-10)9-15-7-6-12-4-5-13(14)18-12/h4-5,8,15H,3,6-7,9H2,1-2H3. The molecule has 2 aromatic heterocycles. The largest absolute Gasteiger partial charge is 0.311 e. The van der Waals surface area contributed by atoms with E-state index in [9.17, 15) is 0 Å². The summed E-state index contributed by atoms with van der Waals surface area (Å²) in [5.41, 5.74) is 2.38. The predicted octanol–water partition coefficient (Wildman–Crippen LogP) is 3.03. The highest BCUT2D eigenvalue weighted by Gasteiger charge is 2.03. The van der Waals surface area contributed by atoms with Gasteiger partial charge >= 0.3 is 0 Å². The van der Waals surface area contributed by atoms with Crippen LogP contribution in [0, 0.1) is 0 Å². The zero-order valence-electron chi connectivity index (χ0n) is 10.7. The second-order valence-corrected chi connectivity index (χ2v) is 6.04. The highest BCUT2D eigenvalue weighted by atomic mass is 35.5. The van der Waals surface area contributed by atoms with E-state index in [1.165, 1.54) is 10.6 Å². The fourth-order valence-corrected chi connectivity index (χ4v) is 2.91. The van der Waals surface area contributed by atoms with Crippen molar-refractivity contribution >= 4 is 22.9 Å². The number of halogens is 1. The second kappa shape index (κ2) is 6.36. The quantitative estimate of drug-likeness (QED) is 0.826. The van der Waals surface area contributed by atoms with Crippen LogP contribution in [-0.4, -0.2) is 16.3 Å². The Labute approximate surface area is 117 Å². The fourth-order valence-electron chi connectivity index (χ4n) is 1.82. The molecule has 0 bridgehead atoms.